The van der Waals surface area contributed by atoms with Crippen LogP contribution in [-0.4, -0.2) is 7.05 Å². The third kappa shape index (κ3) is 7.44. The van der Waals surface area contributed by atoms with Crippen LogP contribution in [-0.2, 0) is 0 Å². The SMILES string of the molecule is C=C(CCCCCCC)NC. The lowest BCUT2D eigenvalue weighted by molar-refractivity contribution is 0.622. The van der Waals surface area contributed by atoms with E-state index in [1.54, 1.807) is 0 Å². The van der Waals surface area contributed by atoms with E-state index in [1.165, 1.54) is 37.8 Å². The molecule has 0 fully saturated rings. The summed E-state index contributed by atoms with van der Waals surface area (Å²) in [5.41, 5.74) is 1.17. The molecule has 0 aromatic heterocycles. The van der Waals surface area contributed by atoms with Crippen molar-refractivity contribution in [3.63, 3.8) is 0 Å². The molecular formula is C10H21N. The van der Waals surface area contributed by atoms with Gasteiger partial charge in [0.1, 0.15) is 0 Å². The molecule has 0 aliphatic carbocycles. The van der Waals surface area contributed by atoms with Gasteiger partial charge in [0.05, 0.1) is 0 Å². The summed E-state index contributed by atoms with van der Waals surface area (Å²) in [6.45, 7) is 6.12. The van der Waals surface area contributed by atoms with Crippen molar-refractivity contribution in [1.29, 1.82) is 0 Å². The summed E-state index contributed by atoms with van der Waals surface area (Å²) in [6, 6.07) is 0. The molecule has 0 aromatic rings. The molecule has 0 aromatic carbocycles. The van der Waals surface area contributed by atoms with E-state index >= 15 is 0 Å². The molecule has 0 aliphatic heterocycles. The Labute approximate surface area is 70.9 Å². The van der Waals surface area contributed by atoms with Crippen molar-refractivity contribution in [2.24, 2.45) is 0 Å². The first-order valence-electron chi connectivity index (χ1n) is 4.66. The molecule has 0 rings (SSSR count). The highest BCUT2D eigenvalue weighted by molar-refractivity contribution is 4.88. The van der Waals surface area contributed by atoms with Crippen LogP contribution < -0.4 is 5.32 Å². The van der Waals surface area contributed by atoms with Crippen LogP contribution in [0.15, 0.2) is 12.3 Å². The zero-order valence-electron chi connectivity index (χ0n) is 7.95. The molecule has 0 saturated carbocycles. The molecular weight excluding hydrogens is 134 g/mol. The van der Waals surface area contributed by atoms with Crippen molar-refractivity contribution in [2.75, 3.05) is 7.05 Å². The Morgan fingerprint density at radius 3 is 2.36 bits per heavy atom. The minimum atomic E-state index is 1.14. The molecule has 0 amide bonds. The Morgan fingerprint density at radius 1 is 1.18 bits per heavy atom. The molecule has 0 aliphatic rings. The fraction of sp³-hybridized carbons (Fsp3) is 0.800. The highest BCUT2D eigenvalue weighted by Crippen LogP contribution is 2.07. The molecule has 0 bridgehead atoms. The summed E-state index contributed by atoms with van der Waals surface area (Å²) in [4.78, 5) is 0. The van der Waals surface area contributed by atoms with Crippen LogP contribution in [0.2, 0.25) is 0 Å². The predicted octanol–water partition coefficient (Wildman–Crippen LogP) is 3.08. The van der Waals surface area contributed by atoms with Gasteiger partial charge in [-0.15, -0.1) is 0 Å². The first-order valence-corrected chi connectivity index (χ1v) is 4.66. The van der Waals surface area contributed by atoms with Crippen LogP contribution in [0.5, 0.6) is 0 Å². The van der Waals surface area contributed by atoms with E-state index in [1.807, 2.05) is 7.05 Å². The molecule has 1 heteroatoms. The molecule has 11 heavy (non-hydrogen) atoms. The van der Waals surface area contributed by atoms with E-state index in [4.69, 9.17) is 0 Å². The minimum absolute atomic E-state index is 1.14. The summed E-state index contributed by atoms with van der Waals surface area (Å²) >= 11 is 0. The van der Waals surface area contributed by atoms with Gasteiger partial charge < -0.3 is 5.32 Å². The Hall–Kier alpha value is -0.460. The van der Waals surface area contributed by atoms with Gasteiger partial charge in [0, 0.05) is 12.7 Å². The highest BCUT2D eigenvalue weighted by atomic mass is 14.8. The Balaban J connectivity index is 2.95. The second kappa shape index (κ2) is 7.64. The number of unbranched alkanes of at least 4 members (excludes halogenated alkanes) is 4. The van der Waals surface area contributed by atoms with Gasteiger partial charge in [0.25, 0.3) is 0 Å². The Kier molecular flexibility index (Phi) is 7.33. The van der Waals surface area contributed by atoms with Crippen molar-refractivity contribution in [2.45, 2.75) is 45.4 Å². The number of hydrogen-bond donors (Lipinski definition) is 1. The van der Waals surface area contributed by atoms with Gasteiger partial charge in [-0.2, -0.15) is 0 Å². The molecule has 0 heterocycles. The van der Waals surface area contributed by atoms with Crippen LogP contribution in [0.3, 0.4) is 0 Å². The second-order valence-corrected chi connectivity index (χ2v) is 3.02. The fourth-order valence-corrected chi connectivity index (χ4v) is 1.07. The summed E-state index contributed by atoms with van der Waals surface area (Å²) in [6.07, 6.45) is 7.88. The number of nitrogens with one attached hydrogen (secondary N) is 1. The summed E-state index contributed by atoms with van der Waals surface area (Å²) in [5, 5.41) is 3.06. The van der Waals surface area contributed by atoms with Crippen LogP contribution in [0.1, 0.15) is 45.4 Å². The van der Waals surface area contributed by atoms with Crippen molar-refractivity contribution in [3.8, 4) is 0 Å². The third-order valence-corrected chi connectivity index (χ3v) is 1.94. The second-order valence-electron chi connectivity index (χ2n) is 3.02. The predicted molar refractivity (Wildman–Crippen MR) is 51.6 cm³/mol. The molecule has 0 saturated heterocycles. The lowest BCUT2D eigenvalue weighted by Crippen LogP contribution is -2.03. The monoisotopic (exact) mass is 155 g/mol. The summed E-state index contributed by atoms with van der Waals surface area (Å²) < 4.78 is 0. The van der Waals surface area contributed by atoms with Gasteiger partial charge in [0.2, 0.25) is 0 Å². The van der Waals surface area contributed by atoms with Gasteiger partial charge >= 0.3 is 0 Å². The number of rotatable bonds is 7. The summed E-state index contributed by atoms with van der Waals surface area (Å²) in [5.74, 6) is 0. The van der Waals surface area contributed by atoms with E-state index < -0.39 is 0 Å². The average molecular weight is 155 g/mol. The molecule has 0 atom stereocenters. The molecule has 1 nitrogen and oxygen atoms in total. The van der Waals surface area contributed by atoms with Crippen LogP contribution in [0.25, 0.3) is 0 Å². The van der Waals surface area contributed by atoms with Gasteiger partial charge in [-0.25, -0.2) is 0 Å². The molecule has 1 N–H and O–H groups in total. The van der Waals surface area contributed by atoms with Crippen LogP contribution >= 0.6 is 0 Å². The first-order chi connectivity index (χ1) is 5.31. The van der Waals surface area contributed by atoms with Crippen molar-refractivity contribution >= 4 is 0 Å². The maximum absolute atomic E-state index is 3.88. The Morgan fingerprint density at radius 2 is 1.82 bits per heavy atom. The van der Waals surface area contributed by atoms with Gasteiger partial charge in [0.15, 0.2) is 0 Å². The smallest absolute Gasteiger partial charge is 0.00310 e. The van der Waals surface area contributed by atoms with E-state index in [0.717, 1.165) is 6.42 Å². The van der Waals surface area contributed by atoms with Gasteiger partial charge in [-0.1, -0.05) is 39.2 Å². The fourth-order valence-electron chi connectivity index (χ4n) is 1.07. The number of hydrogen-bond acceptors (Lipinski definition) is 1. The van der Waals surface area contributed by atoms with E-state index in [9.17, 15) is 0 Å². The topological polar surface area (TPSA) is 12.0 Å². The average Bonchev–Trinajstić information content (AvgIpc) is 2.04. The highest BCUT2D eigenvalue weighted by Gasteiger charge is 1.90. The van der Waals surface area contributed by atoms with Crippen LogP contribution in [0, 0.1) is 0 Å². The molecule has 66 valence electrons. The maximum atomic E-state index is 3.88. The summed E-state index contributed by atoms with van der Waals surface area (Å²) in [7, 11) is 1.94. The first kappa shape index (κ1) is 10.5. The molecule has 0 unspecified atom stereocenters. The lowest BCUT2D eigenvalue weighted by Gasteiger charge is -2.03. The zero-order chi connectivity index (χ0) is 8.53. The minimum Gasteiger partial charge on any atom is -0.392 e. The number of allylic oxidation sites excluding steroid dienone is 1. The van der Waals surface area contributed by atoms with Gasteiger partial charge in [-0.3, -0.25) is 0 Å². The molecule has 0 spiro atoms. The molecule has 0 radical (unpaired) electrons. The maximum Gasteiger partial charge on any atom is 0.00310 e. The van der Waals surface area contributed by atoms with E-state index in [0.29, 0.717) is 0 Å². The van der Waals surface area contributed by atoms with Crippen molar-refractivity contribution in [1.82, 2.24) is 5.32 Å². The quantitative estimate of drug-likeness (QED) is 0.557. The van der Waals surface area contributed by atoms with Crippen LogP contribution in [0.4, 0.5) is 0 Å². The largest absolute Gasteiger partial charge is 0.392 e. The standard InChI is InChI=1S/C10H21N/c1-4-5-6-7-8-9-10(2)11-3/h11H,2,4-9H2,1,3H3. The van der Waals surface area contributed by atoms with Crippen molar-refractivity contribution in [3.05, 3.63) is 12.3 Å². The van der Waals surface area contributed by atoms with E-state index in [2.05, 4.69) is 18.8 Å². The van der Waals surface area contributed by atoms with Crippen molar-refractivity contribution < 1.29 is 0 Å². The Bertz CT molecular complexity index is 97.0. The van der Waals surface area contributed by atoms with E-state index in [-0.39, 0.29) is 0 Å². The van der Waals surface area contributed by atoms with Gasteiger partial charge in [-0.05, 0) is 12.8 Å². The third-order valence-electron chi connectivity index (χ3n) is 1.94. The normalized spacial score (nSPS) is 9.64. The lowest BCUT2D eigenvalue weighted by atomic mass is 10.1. The zero-order valence-corrected chi connectivity index (χ0v) is 7.95.